The number of nitrogens with zero attached hydrogens (tertiary/aromatic N) is 2. The van der Waals surface area contributed by atoms with Gasteiger partial charge in [0.2, 0.25) is 5.91 Å². The minimum Gasteiger partial charge on any atom is -0.329 e. The fourth-order valence-electron chi connectivity index (χ4n) is 5.02. The minimum absolute atomic E-state index is 0.0996. The Bertz CT molecular complexity index is 1140. The molecule has 1 atom stereocenters. The zero-order chi connectivity index (χ0) is 23.2. The van der Waals surface area contributed by atoms with Crippen molar-refractivity contribution in [3.8, 4) is 0 Å². The van der Waals surface area contributed by atoms with Crippen LogP contribution >= 0.6 is 0 Å². The fourth-order valence-corrected chi connectivity index (χ4v) is 5.02. The van der Waals surface area contributed by atoms with E-state index >= 15 is 0 Å². The lowest BCUT2D eigenvalue weighted by Crippen LogP contribution is -2.53. The first-order chi connectivity index (χ1) is 16.8. The van der Waals surface area contributed by atoms with Gasteiger partial charge in [0.15, 0.2) is 0 Å². The van der Waals surface area contributed by atoms with E-state index in [1.165, 1.54) is 5.56 Å². The minimum atomic E-state index is -0.284. The van der Waals surface area contributed by atoms with Crippen LogP contribution in [0.2, 0.25) is 0 Å². The van der Waals surface area contributed by atoms with Crippen LogP contribution in [0.5, 0.6) is 0 Å². The van der Waals surface area contributed by atoms with Crippen LogP contribution in [0, 0.1) is 0 Å². The van der Waals surface area contributed by atoms with E-state index < -0.39 is 0 Å². The third kappa shape index (κ3) is 4.80. The Kier molecular flexibility index (Phi) is 6.83. The zero-order valence-corrected chi connectivity index (χ0v) is 19.3. The van der Waals surface area contributed by atoms with Crippen molar-refractivity contribution in [3.63, 3.8) is 0 Å². The predicted octanol–water partition coefficient (Wildman–Crippen LogP) is 5.90. The molecule has 34 heavy (non-hydrogen) atoms. The molecule has 0 aliphatic carbocycles. The van der Waals surface area contributed by atoms with Gasteiger partial charge < -0.3 is 4.90 Å². The number of rotatable bonds is 7. The van der Waals surface area contributed by atoms with Gasteiger partial charge in [-0.2, -0.15) is 0 Å². The van der Waals surface area contributed by atoms with Crippen LogP contribution in [0.3, 0.4) is 0 Å². The van der Waals surface area contributed by atoms with Crippen LogP contribution in [-0.4, -0.2) is 35.3 Å². The second-order valence-corrected chi connectivity index (χ2v) is 8.84. The van der Waals surface area contributed by atoms with E-state index in [1.807, 2.05) is 36.4 Å². The van der Waals surface area contributed by atoms with Crippen LogP contribution in [0.25, 0.3) is 0 Å². The van der Waals surface area contributed by atoms with Crippen LogP contribution in [0.15, 0.2) is 121 Å². The summed E-state index contributed by atoms with van der Waals surface area (Å²) < 4.78 is 0. The first-order valence-corrected chi connectivity index (χ1v) is 12.0. The molecule has 0 spiro atoms. The van der Waals surface area contributed by atoms with Crippen LogP contribution in [-0.2, 0) is 11.2 Å². The summed E-state index contributed by atoms with van der Waals surface area (Å²) in [5, 5.41) is 0. The first-order valence-electron chi connectivity index (χ1n) is 12.0. The highest BCUT2D eigenvalue weighted by Crippen LogP contribution is 2.35. The van der Waals surface area contributed by atoms with E-state index in [0.717, 1.165) is 36.2 Å². The Morgan fingerprint density at radius 2 is 1.15 bits per heavy atom. The van der Waals surface area contributed by atoms with E-state index in [0.29, 0.717) is 6.54 Å². The van der Waals surface area contributed by atoms with Crippen molar-refractivity contribution in [2.75, 3.05) is 19.6 Å². The van der Waals surface area contributed by atoms with E-state index in [-0.39, 0.29) is 18.0 Å². The van der Waals surface area contributed by atoms with Crippen LogP contribution in [0.4, 0.5) is 0 Å². The number of piperazine rings is 1. The van der Waals surface area contributed by atoms with Gasteiger partial charge in [-0.3, -0.25) is 9.69 Å². The highest BCUT2D eigenvalue weighted by molar-refractivity contribution is 5.85. The Morgan fingerprint density at radius 3 is 1.71 bits per heavy atom. The molecule has 4 aromatic rings. The largest absolute Gasteiger partial charge is 0.329 e. The molecule has 1 aliphatic heterocycles. The molecule has 1 saturated heterocycles. The number of hydrogen-bond acceptors (Lipinski definition) is 2. The highest BCUT2D eigenvalue weighted by atomic mass is 16.2. The summed E-state index contributed by atoms with van der Waals surface area (Å²) in [4.78, 5) is 18.7. The van der Waals surface area contributed by atoms with Gasteiger partial charge in [0.05, 0.1) is 6.04 Å². The van der Waals surface area contributed by atoms with Crippen molar-refractivity contribution >= 4 is 5.91 Å². The molecule has 0 N–H and O–H groups in total. The van der Waals surface area contributed by atoms with Gasteiger partial charge in [-0.1, -0.05) is 121 Å². The normalized spacial score (nSPS) is 16.7. The van der Waals surface area contributed by atoms with Gasteiger partial charge in [0, 0.05) is 19.6 Å². The van der Waals surface area contributed by atoms with E-state index in [4.69, 9.17) is 0 Å². The summed E-state index contributed by atoms with van der Waals surface area (Å²) in [7, 11) is 0. The monoisotopic (exact) mass is 446 g/mol. The van der Waals surface area contributed by atoms with Crippen molar-refractivity contribution < 1.29 is 4.79 Å². The summed E-state index contributed by atoms with van der Waals surface area (Å²) in [6, 6.07) is 41.2. The van der Waals surface area contributed by atoms with Crippen LogP contribution in [0.1, 0.15) is 34.3 Å². The molecule has 3 heteroatoms. The molecule has 1 heterocycles. The second-order valence-electron chi connectivity index (χ2n) is 8.84. The molecule has 0 bridgehead atoms. The lowest BCUT2D eigenvalue weighted by Gasteiger charge is -2.44. The standard InChI is InChI=1S/C31H30N2O/c34-31-30(28-19-11-4-12-20-28)32(22-21-25-13-5-1-6-14-25)23-24-33(31)29(26-15-7-2-8-16-26)27-17-9-3-10-18-27/h1-20,29-30H,21-24H2. The molecule has 0 aromatic heterocycles. The molecule has 0 radical (unpaired) electrons. The summed E-state index contributed by atoms with van der Waals surface area (Å²) >= 11 is 0. The van der Waals surface area contributed by atoms with E-state index in [9.17, 15) is 4.79 Å². The molecule has 3 nitrogen and oxygen atoms in total. The number of hydrogen-bond donors (Lipinski definition) is 0. The molecule has 5 rings (SSSR count). The molecule has 0 saturated carbocycles. The van der Waals surface area contributed by atoms with Crippen molar-refractivity contribution in [3.05, 3.63) is 144 Å². The van der Waals surface area contributed by atoms with Crippen molar-refractivity contribution in [2.45, 2.75) is 18.5 Å². The van der Waals surface area contributed by atoms with Gasteiger partial charge in [0.25, 0.3) is 0 Å². The quantitative estimate of drug-likeness (QED) is 0.353. The Balaban J connectivity index is 1.48. The maximum Gasteiger partial charge on any atom is 0.245 e. The summed E-state index contributed by atoms with van der Waals surface area (Å²) in [6.07, 6.45) is 0.929. The summed E-state index contributed by atoms with van der Waals surface area (Å²) in [5.74, 6) is 0.170. The van der Waals surface area contributed by atoms with Gasteiger partial charge in [0.1, 0.15) is 6.04 Å². The molecular weight excluding hydrogens is 416 g/mol. The molecule has 170 valence electrons. The zero-order valence-electron chi connectivity index (χ0n) is 19.3. The summed E-state index contributed by atoms with van der Waals surface area (Å²) in [6.45, 7) is 2.39. The average Bonchev–Trinajstić information content (AvgIpc) is 2.91. The van der Waals surface area contributed by atoms with E-state index in [1.54, 1.807) is 0 Å². The Hall–Kier alpha value is -3.69. The van der Waals surface area contributed by atoms with Gasteiger partial charge >= 0.3 is 0 Å². The Morgan fingerprint density at radius 1 is 0.647 bits per heavy atom. The van der Waals surface area contributed by atoms with Gasteiger partial charge in [-0.15, -0.1) is 0 Å². The lowest BCUT2D eigenvalue weighted by atomic mass is 9.93. The third-order valence-corrected chi connectivity index (χ3v) is 6.70. The molecular formula is C31H30N2O. The molecule has 1 amide bonds. The SMILES string of the molecule is O=C1C(c2ccccc2)N(CCc2ccccc2)CCN1C(c1ccccc1)c1ccccc1. The molecule has 4 aromatic carbocycles. The van der Waals surface area contributed by atoms with E-state index in [2.05, 4.69) is 94.7 Å². The van der Waals surface area contributed by atoms with Crippen LogP contribution < -0.4 is 0 Å². The van der Waals surface area contributed by atoms with Crippen molar-refractivity contribution in [1.29, 1.82) is 0 Å². The maximum absolute atomic E-state index is 14.2. The predicted molar refractivity (Wildman–Crippen MR) is 137 cm³/mol. The van der Waals surface area contributed by atoms with Crippen molar-refractivity contribution in [1.82, 2.24) is 9.80 Å². The number of carbonyl (C=O) groups is 1. The number of amides is 1. The second kappa shape index (κ2) is 10.5. The fraction of sp³-hybridized carbons (Fsp3) is 0.194. The lowest BCUT2D eigenvalue weighted by molar-refractivity contribution is -0.144. The van der Waals surface area contributed by atoms with Gasteiger partial charge in [-0.25, -0.2) is 0 Å². The Labute approximate surface area is 202 Å². The smallest absolute Gasteiger partial charge is 0.245 e. The molecule has 1 unspecified atom stereocenters. The maximum atomic E-state index is 14.2. The highest BCUT2D eigenvalue weighted by Gasteiger charge is 2.39. The first kappa shape index (κ1) is 22.1. The molecule has 1 aliphatic rings. The number of carbonyl (C=O) groups excluding carboxylic acids is 1. The van der Waals surface area contributed by atoms with Gasteiger partial charge in [-0.05, 0) is 28.7 Å². The average molecular weight is 447 g/mol. The summed E-state index contributed by atoms with van der Waals surface area (Å²) in [5.41, 5.74) is 4.65. The number of benzene rings is 4. The molecule has 1 fully saturated rings. The van der Waals surface area contributed by atoms with Crippen molar-refractivity contribution in [2.24, 2.45) is 0 Å². The third-order valence-electron chi connectivity index (χ3n) is 6.70. The topological polar surface area (TPSA) is 23.6 Å².